The van der Waals surface area contributed by atoms with Crippen molar-refractivity contribution in [2.75, 3.05) is 18.8 Å². The zero-order valence-corrected chi connectivity index (χ0v) is 11.4. The maximum Gasteiger partial charge on any atom is 0.243 e. The zero-order chi connectivity index (χ0) is 13.9. The molecule has 0 saturated carbocycles. The number of sulfonamides is 1. The summed E-state index contributed by atoms with van der Waals surface area (Å²) in [5, 5.41) is 9.30. The summed E-state index contributed by atoms with van der Waals surface area (Å²) in [5.74, 6) is -0.128. The average molecular weight is 270 g/mol. The predicted molar refractivity (Wildman–Crippen MR) is 71.8 cm³/mol. The molecule has 0 atom stereocenters. The average Bonchev–Trinajstić information content (AvgIpc) is 2.28. The summed E-state index contributed by atoms with van der Waals surface area (Å²) in [6.45, 7) is 7.84. The van der Waals surface area contributed by atoms with E-state index in [0.717, 1.165) is 5.57 Å². The van der Waals surface area contributed by atoms with Crippen molar-refractivity contribution < 1.29 is 13.5 Å². The molecular weight excluding hydrogens is 252 g/mol. The van der Waals surface area contributed by atoms with Gasteiger partial charge in [-0.1, -0.05) is 19.1 Å². The monoisotopic (exact) mass is 270 g/mol. The maximum absolute atomic E-state index is 12.3. The molecule has 100 valence electrons. The largest absolute Gasteiger partial charge is 0.506 e. The highest BCUT2D eigenvalue weighted by molar-refractivity contribution is 7.89. The minimum absolute atomic E-state index is 0.0439. The van der Waals surface area contributed by atoms with Gasteiger partial charge in [-0.15, -0.1) is 0 Å². The van der Waals surface area contributed by atoms with Crippen LogP contribution in [-0.4, -0.2) is 30.9 Å². The number of hydrogen-bond donors (Lipinski definition) is 2. The molecule has 0 spiro atoms. The number of benzene rings is 1. The van der Waals surface area contributed by atoms with Gasteiger partial charge in [0, 0.05) is 13.1 Å². The molecule has 18 heavy (non-hydrogen) atoms. The molecule has 0 fully saturated rings. The van der Waals surface area contributed by atoms with Gasteiger partial charge in [-0.3, -0.25) is 0 Å². The van der Waals surface area contributed by atoms with E-state index in [1.807, 2.05) is 0 Å². The summed E-state index contributed by atoms with van der Waals surface area (Å²) < 4.78 is 25.9. The summed E-state index contributed by atoms with van der Waals surface area (Å²) in [6, 6.07) is 3.87. The van der Waals surface area contributed by atoms with Gasteiger partial charge in [-0.25, -0.2) is 8.42 Å². The van der Waals surface area contributed by atoms with Crippen molar-refractivity contribution in [3.05, 3.63) is 30.4 Å². The number of hydrogen-bond acceptors (Lipinski definition) is 4. The normalized spacial score (nSPS) is 11.7. The van der Waals surface area contributed by atoms with Crippen LogP contribution in [0.3, 0.4) is 0 Å². The lowest BCUT2D eigenvalue weighted by Gasteiger charge is -2.20. The quantitative estimate of drug-likeness (QED) is 0.483. The van der Waals surface area contributed by atoms with Gasteiger partial charge >= 0.3 is 0 Å². The van der Waals surface area contributed by atoms with E-state index in [1.54, 1.807) is 13.8 Å². The molecule has 6 heteroatoms. The van der Waals surface area contributed by atoms with Crippen molar-refractivity contribution in [2.45, 2.75) is 18.7 Å². The van der Waals surface area contributed by atoms with Crippen LogP contribution >= 0.6 is 0 Å². The van der Waals surface area contributed by atoms with Crippen molar-refractivity contribution in [3.8, 4) is 5.75 Å². The molecule has 0 aromatic heterocycles. The van der Waals surface area contributed by atoms with Gasteiger partial charge in [-0.05, 0) is 25.1 Å². The van der Waals surface area contributed by atoms with Crippen molar-refractivity contribution in [3.63, 3.8) is 0 Å². The van der Waals surface area contributed by atoms with Gasteiger partial charge < -0.3 is 10.8 Å². The first kappa shape index (κ1) is 14.5. The van der Waals surface area contributed by atoms with Gasteiger partial charge in [0.25, 0.3) is 0 Å². The lowest BCUT2D eigenvalue weighted by Crippen LogP contribution is -2.32. The predicted octanol–water partition coefficient (Wildman–Crippen LogP) is 1.56. The molecule has 0 radical (unpaired) electrons. The SMILES string of the molecule is C=C(C)CN(CC)S(=O)(=O)c1ccc(O)c(N)c1. The van der Waals surface area contributed by atoms with E-state index in [9.17, 15) is 13.5 Å². The summed E-state index contributed by atoms with van der Waals surface area (Å²) in [4.78, 5) is 0.0703. The zero-order valence-electron chi connectivity index (χ0n) is 10.5. The van der Waals surface area contributed by atoms with Crippen molar-refractivity contribution >= 4 is 15.7 Å². The highest BCUT2D eigenvalue weighted by Crippen LogP contribution is 2.25. The molecule has 5 nitrogen and oxygen atoms in total. The number of nitrogens with two attached hydrogens (primary N) is 1. The maximum atomic E-state index is 12.3. The second-order valence-electron chi connectivity index (χ2n) is 4.11. The van der Waals surface area contributed by atoms with E-state index in [-0.39, 0.29) is 22.9 Å². The second-order valence-corrected chi connectivity index (χ2v) is 6.05. The number of phenolic OH excluding ortho intramolecular Hbond substituents is 1. The standard InChI is InChI=1S/C12H18N2O3S/c1-4-14(8-9(2)3)18(16,17)10-5-6-12(15)11(13)7-10/h5-7,15H,2,4,8,13H2,1,3H3. The highest BCUT2D eigenvalue weighted by atomic mass is 32.2. The molecule has 1 aromatic rings. The lowest BCUT2D eigenvalue weighted by atomic mass is 10.3. The Hall–Kier alpha value is -1.53. The molecule has 0 heterocycles. The number of nitrogen functional groups attached to an aromatic ring is 1. The molecule has 0 unspecified atom stereocenters. The fraction of sp³-hybridized carbons (Fsp3) is 0.333. The molecule has 3 N–H and O–H groups in total. The number of phenols is 1. The van der Waals surface area contributed by atoms with Crippen molar-refractivity contribution in [1.29, 1.82) is 0 Å². The summed E-state index contributed by atoms with van der Waals surface area (Å²) in [7, 11) is -3.60. The number of nitrogens with zero attached hydrogens (tertiary/aromatic N) is 1. The van der Waals surface area contributed by atoms with Crippen LogP contribution in [-0.2, 0) is 10.0 Å². The Kier molecular flexibility index (Phi) is 4.37. The molecular formula is C12H18N2O3S. The van der Waals surface area contributed by atoms with E-state index < -0.39 is 10.0 Å². The third-order valence-electron chi connectivity index (χ3n) is 2.44. The number of rotatable bonds is 5. The van der Waals surface area contributed by atoms with Crippen LogP contribution < -0.4 is 5.73 Å². The Morgan fingerprint density at radius 2 is 2.11 bits per heavy atom. The molecule has 0 bridgehead atoms. The van der Waals surface area contributed by atoms with Crippen LogP contribution in [0, 0.1) is 0 Å². The van der Waals surface area contributed by atoms with E-state index in [2.05, 4.69) is 6.58 Å². The highest BCUT2D eigenvalue weighted by Gasteiger charge is 2.23. The molecule has 0 saturated heterocycles. The minimum Gasteiger partial charge on any atom is -0.506 e. The van der Waals surface area contributed by atoms with Gasteiger partial charge in [0.1, 0.15) is 5.75 Å². The number of likely N-dealkylation sites (N-methyl/N-ethyl adjacent to an activating group) is 1. The van der Waals surface area contributed by atoms with Gasteiger partial charge in [0.15, 0.2) is 0 Å². The summed E-state index contributed by atoms with van der Waals surface area (Å²) in [6.07, 6.45) is 0. The number of aromatic hydroxyl groups is 1. The first-order valence-electron chi connectivity index (χ1n) is 5.52. The van der Waals surface area contributed by atoms with E-state index in [4.69, 9.17) is 5.73 Å². The third kappa shape index (κ3) is 3.02. The van der Waals surface area contributed by atoms with Gasteiger partial charge in [0.05, 0.1) is 10.6 Å². The molecule has 0 aliphatic carbocycles. The topological polar surface area (TPSA) is 83.6 Å². The van der Waals surface area contributed by atoms with Gasteiger partial charge in [-0.2, -0.15) is 4.31 Å². The Morgan fingerprint density at radius 1 is 1.50 bits per heavy atom. The van der Waals surface area contributed by atoms with Crippen LogP contribution in [0.15, 0.2) is 35.2 Å². The minimum atomic E-state index is -3.60. The second kappa shape index (κ2) is 5.41. The Balaban J connectivity index is 3.18. The van der Waals surface area contributed by atoms with Crippen molar-refractivity contribution in [2.24, 2.45) is 0 Å². The molecule has 0 aliphatic heterocycles. The first-order chi connectivity index (χ1) is 8.28. The first-order valence-corrected chi connectivity index (χ1v) is 6.96. The fourth-order valence-electron chi connectivity index (χ4n) is 1.51. The van der Waals surface area contributed by atoms with Crippen LogP contribution in [0.25, 0.3) is 0 Å². The summed E-state index contributed by atoms with van der Waals surface area (Å²) >= 11 is 0. The van der Waals surface area contributed by atoms with Crippen LogP contribution in [0.2, 0.25) is 0 Å². The summed E-state index contributed by atoms with van der Waals surface area (Å²) in [5.41, 5.74) is 6.31. The lowest BCUT2D eigenvalue weighted by molar-refractivity contribution is 0.452. The Bertz CT molecular complexity index is 552. The van der Waals surface area contributed by atoms with Gasteiger partial charge in [0.2, 0.25) is 10.0 Å². The van der Waals surface area contributed by atoms with E-state index in [0.29, 0.717) is 6.54 Å². The van der Waals surface area contributed by atoms with Crippen LogP contribution in [0.1, 0.15) is 13.8 Å². The third-order valence-corrected chi connectivity index (χ3v) is 4.35. The van der Waals surface area contributed by atoms with Crippen molar-refractivity contribution in [1.82, 2.24) is 4.31 Å². The molecule has 1 aromatic carbocycles. The molecule has 0 aliphatic rings. The van der Waals surface area contributed by atoms with Crippen LogP contribution in [0.5, 0.6) is 5.75 Å². The smallest absolute Gasteiger partial charge is 0.243 e. The van der Waals surface area contributed by atoms with Crippen LogP contribution in [0.4, 0.5) is 5.69 Å². The Labute approximate surface area is 108 Å². The molecule has 0 amide bonds. The number of anilines is 1. The van der Waals surface area contributed by atoms with E-state index >= 15 is 0 Å². The fourth-order valence-corrected chi connectivity index (χ4v) is 3.05. The Morgan fingerprint density at radius 3 is 2.56 bits per heavy atom. The van der Waals surface area contributed by atoms with E-state index in [1.165, 1.54) is 22.5 Å². The molecule has 1 rings (SSSR count).